The fraction of sp³-hybridized carbons (Fsp3) is 0.684. The molecule has 0 spiro atoms. The van der Waals surface area contributed by atoms with Crippen LogP contribution in [0.25, 0.3) is 0 Å². The van der Waals surface area contributed by atoms with E-state index in [0.717, 1.165) is 25.3 Å². The highest BCUT2D eigenvalue weighted by Gasteiger charge is 2.11. The van der Waals surface area contributed by atoms with Gasteiger partial charge in [-0.25, -0.2) is 0 Å². The molecule has 1 aromatic carbocycles. The maximum atomic E-state index is 5.99. The first-order valence-corrected chi connectivity index (χ1v) is 8.31. The minimum atomic E-state index is 0.149. The van der Waals surface area contributed by atoms with E-state index in [1.165, 1.54) is 36.0 Å². The van der Waals surface area contributed by atoms with Crippen molar-refractivity contribution in [2.45, 2.75) is 79.3 Å². The smallest absolute Gasteiger partial charge is 0.125 e. The number of ether oxygens (including phenoxy) is 1. The van der Waals surface area contributed by atoms with E-state index in [2.05, 4.69) is 59.0 Å². The number of rotatable bonds is 8. The average molecular weight is 291 g/mol. The summed E-state index contributed by atoms with van der Waals surface area (Å²) < 4.78 is 5.99. The SMILES string of the molecule is CCCCCCOc1c(C)cc(CNC(C)(C)C)cc1C. The standard InChI is InChI=1S/C19H33NO/c1-7-8-9-10-11-21-18-15(2)12-17(13-16(18)3)14-20-19(4,5)6/h12-13,20H,7-11,14H2,1-6H3. The lowest BCUT2D eigenvalue weighted by Gasteiger charge is -2.21. The molecule has 0 saturated carbocycles. The van der Waals surface area contributed by atoms with Crippen molar-refractivity contribution in [3.8, 4) is 5.75 Å². The Morgan fingerprint density at radius 3 is 2.14 bits per heavy atom. The van der Waals surface area contributed by atoms with E-state index in [4.69, 9.17) is 4.74 Å². The van der Waals surface area contributed by atoms with Crippen LogP contribution in [0.1, 0.15) is 70.1 Å². The lowest BCUT2D eigenvalue weighted by molar-refractivity contribution is 0.301. The maximum absolute atomic E-state index is 5.99. The van der Waals surface area contributed by atoms with Gasteiger partial charge in [-0.3, -0.25) is 0 Å². The van der Waals surface area contributed by atoms with Gasteiger partial charge in [-0.05, 0) is 57.7 Å². The molecule has 1 rings (SSSR count). The van der Waals surface area contributed by atoms with Crippen molar-refractivity contribution in [3.05, 3.63) is 28.8 Å². The summed E-state index contributed by atoms with van der Waals surface area (Å²) in [5, 5.41) is 3.54. The van der Waals surface area contributed by atoms with E-state index < -0.39 is 0 Å². The number of unbranched alkanes of at least 4 members (excludes halogenated alkanes) is 3. The Morgan fingerprint density at radius 1 is 1.00 bits per heavy atom. The highest BCUT2D eigenvalue weighted by atomic mass is 16.5. The fourth-order valence-corrected chi connectivity index (χ4v) is 2.44. The zero-order chi connectivity index (χ0) is 15.9. The van der Waals surface area contributed by atoms with Crippen LogP contribution in [0.5, 0.6) is 5.75 Å². The zero-order valence-corrected chi connectivity index (χ0v) is 14.8. The molecule has 0 bridgehead atoms. The minimum Gasteiger partial charge on any atom is -0.493 e. The van der Waals surface area contributed by atoms with Crippen LogP contribution in [0.3, 0.4) is 0 Å². The average Bonchev–Trinajstić information content (AvgIpc) is 2.38. The summed E-state index contributed by atoms with van der Waals surface area (Å²) in [6, 6.07) is 4.49. The van der Waals surface area contributed by atoms with E-state index in [1.54, 1.807) is 0 Å². The van der Waals surface area contributed by atoms with Gasteiger partial charge < -0.3 is 10.1 Å². The van der Waals surface area contributed by atoms with Crippen molar-refractivity contribution in [1.82, 2.24) is 5.32 Å². The first-order chi connectivity index (χ1) is 9.83. The molecule has 0 aromatic heterocycles. The van der Waals surface area contributed by atoms with Crippen molar-refractivity contribution in [1.29, 1.82) is 0 Å². The molecule has 0 amide bonds. The Bertz CT molecular complexity index is 409. The van der Waals surface area contributed by atoms with Crippen LogP contribution in [-0.4, -0.2) is 12.1 Å². The summed E-state index contributed by atoms with van der Waals surface area (Å²) in [5.74, 6) is 1.08. The summed E-state index contributed by atoms with van der Waals surface area (Å²) in [5.41, 5.74) is 3.97. The normalized spacial score (nSPS) is 11.7. The van der Waals surface area contributed by atoms with Gasteiger partial charge in [0.2, 0.25) is 0 Å². The number of hydrogen-bond donors (Lipinski definition) is 1. The first-order valence-electron chi connectivity index (χ1n) is 8.31. The van der Waals surface area contributed by atoms with E-state index >= 15 is 0 Å². The molecular formula is C19H33NO. The molecule has 1 aromatic rings. The van der Waals surface area contributed by atoms with Crippen molar-refractivity contribution in [2.24, 2.45) is 0 Å². The summed E-state index contributed by atoms with van der Waals surface area (Å²) in [6.07, 6.45) is 4.99. The molecule has 120 valence electrons. The van der Waals surface area contributed by atoms with Gasteiger partial charge in [-0.2, -0.15) is 0 Å². The van der Waals surface area contributed by atoms with Crippen molar-refractivity contribution >= 4 is 0 Å². The van der Waals surface area contributed by atoms with E-state index in [-0.39, 0.29) is 5.54 Å². The first kappa shape index (κ1) is 18.0. The minimum absolute atomic E-state index is 0.149. The van der Waals surface area contributed by atoms with Crippen LogP contribution in [0.2, 0.25) is 0 Å². The van der Waals surface area contributed by atoms with Gasteiger partial charge in [0.1, 0.15) is 5.75 Å². The summed E-state index contributed by atoms with van der Waals surface area (Å²) in [7, 11) is 0. The van der Waals surface area contributed by atoms with Gasteiger partial charge in [-0.15, -0.1) is 0 Å². The molecule has 2 nitrogen and oxygen atoms in total. The van der Waals surface area contributed by atoms with Gasteiger partial charge in [0, 0.05) is 12.1 Å². The van der Waals surface area contributed by atoms with Gasteiger partial charge in [0.05, 0.1) is 6.61 Å². The highest BCUT2D eigenvalue weighted by molar-refractivity contribution is 5.43. The Kier molecular flexibility index (Phi) is 7.24. The van der Waals surface area contributed by atoms with Crippen molar-refractivity contribution in [2.75, 3.05) is 6.61 Å². The molecule has 0 aliphatic rings. The van der Waals surface area contributed by atoms with Gasteiger partial charge in [0.15, 0.2) is 0 Å². The van der Waals surface area contributed by atoms with Crippen molar-refractivity contribution < 1.29 is 4.74 Å². The van der Waals surface area contributed by atoms with E-state index in [1.807, 2.05) is 0 Å². The van der Waals surface area contributed by atoms with Gasteiger partial charge in [0.25, 0.3) is 0 Å². The number of aryl methyl sites for hydroxylation is 2. The molecule has 0 saturated heterocycles. The van der Waals surface area contributed by atoms with Crippen LogP contribution in [-0.2, 0) is 6.54 Å². The van der Waals surface area contributed by atoms with Crippen LogP contribution in [0.15, 0.2) is 12.1 Å². The highest BCUT2D eigenvalue weighted by Crippen LogP contribution is 2.25. The molecule has 0 aliphatic carbocycles. The Morgan fingerprint density at radius 2 is 1.62 bits per heavy atom. The second-order valence-corrected chi connectivity index (χ2v) is 7.07. The summed E-state index contributed by atoms with van der Waals surface area (Å²) in [6.45, 7) is 14.9. The Labute approximate surface area is 131 Å². The maximum Gasteiger partial charge on any atom is 0.125 e. The lowest BCUT2D eigenvalue weighted by Crippen LogP contribution is -2.35. The van der Waals surface area contributed by atoms with Gasteiger partial charge in [-0.1, -0.05) is 38.3 Å². The molecule has 0 aliphatic heterocycles. The number of hydrogen-bond acceptors (Lipinski definition) is 2. The predicted molar refractivity (Wildman–Crippen MR) is 92.1 cm³/mol. The van der Waals surface area contributed by atoms with Crippen LogP contribution in [0.4, 0.5) is 0 Å². The molecule has 0 unspecified atom stereocenters. The van der Waals surface area contributed by atoms with E-state index in [0.29, 0.717) is 0 Å². The van der Waals surface area contributed by atoms with E-state index in [9.17, 15) is 0 Å². The molecule has 0 fully saturated rings. The molecular weight excluding hydrogens is 258 g/mol. The largest absolute Gasteiger partial charge is 0.493 e. The third kappa shape index (κ3) is 6.99. The van der Waals surface area contributed by atoms with Crippen LogP contribution in [0, 0.1) is 13.8 Å². The quantitative estimate of drug-likeness (QED) is 0.669. The molecule has 1 N–H and O–H groups in total. The monoisotopic (exact) mass is 291 g/mol. The molecule has 0 heterocycles. The summed E-state index contributed by atoms with van der Waals surface area (Å²) in [4.78, 5) is 0. The third-order valence-electron chi connectivity index (χ3n) is 3.59. The zero-order valence-electron chi connectivity index (χ0n) is 14.8. The van der Waals surface area contributed by atoms with Crippen LogP contribution < -0.4 is 10.1 Å². The number of nitrogens with one attached hydrogen (secondary N) is 1. The topological polar surface area (TPSA) is 21.3 Å². The Hall–Kier alpha value is -1.02. The fourth-order valence-electron chi connectivity index (χ4n) is 2.44. The second kappa shape index (κ2) is 8.43. The van der Waals surface area contributed by atoms with Crippen LogP contribution >= 0.6 is 0 Å². The molecule has 0 radical (unpaired) electrons. The van der Waals surface area contributed by atoms with Crippen molar-refractivity contribution in [3.63, 3.8) is 0 Å². The molecule has 21 heavy (non-hydrogen) atoms. The second-order valence-electron chi connectivity index (χ2n) is 7.07. The third-order valence-corrected chi connectivity index (χ3v) is 3.59. The summed E-state index contributed by atoms with van der Waals surface area (Å²) >= 11 is 0. The number of benzene rings is 1. The lowest BCUT2D eigenvalue weighted by atomic mass is 10.0. The molecule has 2 heteroatoms. The predicted octanol–water partition coefficient (Wildman–Crippen LogP) is 5.15. The van der Waals surface area contributed by atoms with Gasteiger partial charge >= 0.3 is 0 Å². The molecule has 0 atom stereocenters. The Balaban J connectivity index is 2.58.